The van der Waals surface area contributed by atoms with Crippen LogP contribution in [-0.4, -0.2) is 56.3 Å². The number of methoxy groups -OCH3 is 3. The molecule has 32 heavy (non-hydrogen) atoms. The number of hydrogen-bond acceptors (Lipinski definition) is 7. The second kappa shape index (κ2) is 9.71. The minimum Gasteiger partial charge on any atom is -0.493 e. The first-order valence-corrected chi connectivity index (χ1v) is 11.2. The smallest absolute Gasteiger partial charge is 0.339 e. The lowest BCUT2D eigenvalue weighted by Crippen LogP contribution is -2.40. The number of ether oxygens (including phenoxy) is 5. The predicted molar refractivity (Wildman–Crippen MR) is 121 cm³/mol. The maximum Gasteiger partial charge on any atom is 0.339 e. The normalized spacial score (nSPS) is 31.7. The van der Waals surface area contributed by atoms with E-state index in [-0.39, 0.29) is 29.1 Å². The Labute approximate surface area is 190 Å². The van der Waals surface area contributed by atoms with Crippen molar-refractivity contribution in [2.75, 3.05) is 21.3 Å². The molecule has 0 spiro atoms. The highest BCUT2D eigenvalue weighted by molar-refractivity contribution is 5.91. The van der Waals surface area contributed by atoms with Crippen LogP contribution in [0.1, 0.15) is 57.3 Å². The molecule has 7 heteroatoms. The highest BCUT2D eigenvalue weighted by Gasteiger charge is 2.54. The van der Waals surface area contributed by atoms with E-state index in [9.17, 15) is 9.90 Å². The third-order valence-electron chi connectivity index (χ3n) is 6.64. The van der Waals surface area contributed by atoms with Crippen molar-refractivity contribution in [1.82, 2.24) is 0 Å². The fraction of sp³-hybridized carbons (Fsp3) is 0.640. The number of hydrogen-bond donors (Lipinski definition) is 1. The molecule has 7 nitrogen and oxygen atoms in total. The van der Waals surface area contributed by atoms with Crippen LogP contribution in [0, 0.1) is 11.8 Å². The van der Waals surface area contributed by atoms with Gasteiger partial charge >= 0.3 is 5.97 Å². The summed E-state index contributed by atoms with van der Waals surface area (Å²) in [6.07, 6.45) is 3.19. The molecule has 1 saturated heterocycles. The first-order valence-electron chi connectivity index (χ1n) is 11.2. The Bertz CT molecular complexity index is 837. The van der Waals surface area contributed by atoms with Gasteiger partial charge in [0.25, 0.3) is 0 Å². The number of fused-ring (bicyclic) bond motifs is 1. The highest BCUT2D eigenvalue weighted by atomic mass is 16.6. The maximum absolute atomic E-state index is 13.2. The summed E-state index contributed by atoms with van der Waals surface area (Å²) in [6, 6.07) is 3.15. The zero-order valence-corrected chi connectivity index (χ0v) is 20.1. The minimum absolute atomic E-state index is 0.0898. The molecule has 3 rings (SSSR count). The molecule has 1 N–H and O–H groups in total. The van der Waals surface area contributed by atoms with Gasteiger partial charge in [-0.3, -0.25) is 0 Å². The molecule has 5 atom stereocenters. The molecule has 1 aromatic carbocycles. The number of aliphatic hydroxyl groups is 1. The van der Waals surface area contributed by atoms with Gasteiger partial charge < -0.3 is 28.8 Å². The van der Waals surface area contributed by atoms with Crippen molar-refractivity contribution in [3.63, 3.8) is 0 Å². The number of carbonyl (C=O) groups excluding carboxylic acids is 1. The maximum atomic E-state index is 13.2. The lowest BCUT2D eigenvalue weighted by molar-refractivity contribution is -0.0253. The summed E-state index contributed by atoms with van der Waals surface area (Å²) in [4.78, 5) is 13.2. The van der Waals surface area contributed by atoms with Gasteiger partial charge in [-0.05, 0) is 50.8 Å². The van der Waals surface area contributed by atoms with Crippen LogP contribution < -0.4 is 14.2 Å². The van der Waals surface area contributed by atoms with Crippen LogP contribution in [0.25, 0.3) is 0 Å². The Balaban J connectivity index is 1.93. The van der Waals surface area contributed by atoms with E-state index < -0.39 is 18.2 Å². The topological polar surface area (TPSA) is 86.8 Å². The van der Waals surface area contributed by atoms with E-state index in [0.29, 0.717) is 23.7 Å². The second-order valence-electron chi connectivity index (χ2n) is 9.35. The summed E-state index contributed by atoms with van der Waals surface area (Å²) >= 11 is 0. The largest absolute Gasteiger partial charge is 0.493 e. The van der Waals surface area contributed by atoms with E-state index in [1.807, 2.05) is 26.8 Å². The summed E-state index contributed by atoms with van der Waals surface area (Å²) in [7, 11) is 4.51. The van der Waals surface area contributed by atoms with E-state index in [1.165, 1.54) is 21.3 Å². The molecule has 0 radical (unpaired) electrons. The van der Waals surface area contributed by atoms with Gasteiger partial charge in [-0.1, -0.05) is 19.4 Å². The van der Waals surface area contributed by atoms with Gasteiger partial charge in [0.05, 0.1) is 44.7 Å². The number of aliphatic hydroxyl groups excluding tert-OH is 1. The molecule has 0 aromatic heterocycles. The van der Waals surface area contributed by atoms with E-state index in [1.54, 1.807) is 12.1 Å². The van der Waals surface area contributed by atoms with E-state index >= 15 is 0 Å². The molecule has 0 amide bonds. The molecule has 178 valence electrons. The molecular formula is C25H36O7. The summed E-state index contributed by atoms with van der Waals surface area (Å²) < 4.78 is 28.0. The molecule has 2 aliphatic rings. The fourth-order valence-electron chi connectivity index (χ4n) is 4.77. The Morgan fingerprint density at radius 3 is 2.31 bits per heavy atom. The molecule has 1 aliphatic heterocycles. The summed E-state index contributed by atoms with van der Waals surface area (Å²) in [5, 5.41) is 11.1. The highest BCUT2D eigenvalue weighted by Crippen LogP contribution is 2.46. The molecule has 1 heterocycles. The van der Waals surface area contributed by atoms with E-state index in [2.05, 4.69) is 6.92 Å². The Hall–Kier alpha value is -2.25. The van der Waals surface area contributed by atoms with Gasteiger partial charge in [0.1, 0.15) is 6.10 Å². The van der Waals surface area contributed by atoms with Gasteiger partial charge in [-0.15, -0.1) is 0 Å². The molecule has 0 saturated carbocycles. The van der Waals surface area contributed by atoms with Crippen LogP contribution in [0.2, 0.25) is 0 Å². The average Bonchev–Trinajstić information content (AvgIpc) is 3.39. The Morgan fingerprint density at radius 1 is 1.16 bits per heavy atom. The van der Waals surface area contributed by atoms with Crippen molar-refractivity contribution < 1.29 is 33.6 Å². The van der Waals surface area contributed by atoms with Crippen LogP contribution in [-0.2, 0) is 9.47 Å². The minimum atomic E-state index is -0.662. The van der Waals surface area contributed by atoms with Crippen molar-refractivity contribution in [3.05, 3.63) is 29.3 Å². The number of carbonyl (C=O) groups is 1. The van der Waals surface area contributed by atoms with Crippen molar-refractivity contribution in [2.45, 2.75) is 70.9 Å². The van der Waals surface area contributed by atoms with Crippen LogP contribution in [0.5, 0.6) is 17.2 Å². The number of epoxide rings is 1. The zero-order valence-electron chi connectivity index (χ0n) is 20.1. The number of esters is 1. The van der Waals surface area contributed by atoms with Crippen molar-refractivity contribution in [1.29, 1.82) is 0 Å². The Kier molecular flexibility index (Phi) is 7.40. The molecule has 1 fully saturated rings. The van der Waals surface area contributed by atoms with Gasteiger partial charge in [-0.2, -0.15) is 0 Å². The van der Waals surface area contributed by atoms with Crippen molar-refractivity contribution >= 4 is 5.97 Å². The van der Waals surface area contributed by atoms with E-state index in [4.69, 9.17) is 23.7 Å². The van der Waals surface area contributed by atoms with Crippen LogP contribution in [0.15, 0.2) is 23.8 Å². The van der Waals surface area contributed by atoms with E-state index in [0.717, 1.165) is 18.4 Å². The monoisotopic (exact) mass is 448 g/mol. The summed E-state index contributed by atoms with van der Waals surface area (Å²) in [6.45, 7) is 8.16. The molecule has 1 aromatic rings. The lowest BCUT2D eigenvalue weighted by atomic mass is 9.79. The quantitative estimate of drug-likeness (QED) is 0.397. The van der Waals surface area contributed by atoms with Crippen LogP contribution >= 0.6 is 0 Å². The first kappa shape index (κ1) is 24.4. The summed E-state index contributed by atoms with van der Waals surface area (Å²) in [5.74, 6) is 0.468. The lowest BCUT2D eigenvalue weighted by Gasteiger charge is -2.33. The van der Waals surface area contributed by atoms with Gasteiger partial charge in [0, 0.05) is 12.3 Å². The second-order valence-corrected chi connectivity index (χ2v) is 9.35. The number of rotatable bonds is 6. The number of benzene rings is 1. The first-order chi connectivity index (χ1) is 15.1. The zero-order chi connectivity index (χ0) is 23.6. The Morgan fingerprint density at radius 2 is 1.78 bits per heavy atom. The van der Waals surface area contributed by atoms with Crippen molar-refractivity contribution in [3.8, 4) is 17.2 Å². The standard InChI is InChI=1S/C25H36O7/c1-14(2)22-17(26)13-25(4)21(32-25)9-8-15(3)10-18(22)31-24(27)16-11-19(28-5)23(30-7)20(12-16)29-6/h10-12,14,17-18,21-22,26H,8-9,13H2,1-7H3/b15-10+/t17?,18?,21?,22-,25?/m0/s1. The third-order valence-corrected chi connectivity index (χ3v) is 6.64. The molecule has 0 bridgehead atoms. The average molecular weight is 449 g/mol. The van der Waals surface area contributed by atoms with Gasteiger partial charge in [0.15, 0.2) is 11.5 Å². The molecule has 1 aliphatic carbocycles. The SMILES string of the molecule is COc1cc(C(=O)OC2/C=C(\C)CCC3OC3(C)CC(O)[C@@H]2C(C)C)cc(OC)c1OC. The molecule has 4 unspecified atom stereocenters. The van der Waals surface area contributed by atoms with Crippen LogP contribution in [0.4, 0.5) is 0 Å². The number of allylic oxidation sites excluding steroid dienone is 1. The fourth-order valence-corrected chi connectivity index (χ4v) is 4.77. The molecular weight excluding hydrogens is 412 g/mol. The van der Waals surface area contributed by atoms with Crippen molar-refractivity contribution in [2.24, 2.45) is 11.8 Å². The summed E-state index contributed by atoms with van der Waals surface area (Å²) in [5.41, 5.74) is 1.10. The van der Waals surface area contributed by atoms with Gasteiger partial charge in [0.2, 0.25) is 5.75 Å². The third kappa shape index (κ3) is 5.04. The van der Waals surface area contributed by atoms with Crippen LogP contribution in [0.3, 0.4) is 0 Å². The predicted octanol–water partition coefficient (Wildman–Crippen LogP) is 4.16. The van der Waals surface area contributed by atoms with Gasteiger partial charge in [-0.25, -0.2) is 4.79 Å².